The molecule has 0 bridgehead atoms. The molecule has 138 valence electrons. The monoisotopic (exact) mass is 353 g/mol. The van der Waals surface area contributed by atoms with Crippen molar-refractivity contribution < 1.29 is 9.59 Å². The van der Waals surface area contributed by atoms with Crippen LogP contribution in [0.5, 0.6) is 0 Å². The van der Waals surface area contributed by atoms with Gasteiger partial charge in [-0.2, -0.15) is 0 Å². The van der Waals surface area contributed by atoms with Crippen LogP contribution in [0.4, 0.5) is 11.4 Å². The van der Waals surface area contributed by atoms with Crippen molar-refractivity contribution in [2.24, 2.45) is 0 Å². The van der Waals surface area contributed by atoms with E-state index in [2.05, 4.69) is 39.4 Å². The Hall–Kier alpha value is -2.66. The highest BCUT2D eigenvalue weighted by molar-refractivity contribution is 6.04. The summed E-state index contributed by atoms with van der Waals surface area (Å²) < 4.78 is 0. The third kappa shape index (κ3) is 5.43. The summed E-state index contributed by atoms with van der Waals surface area (Å²) in [5.74, 6) is -0.181. The van der Waals surface area contributed by atoms with Crippen LogP contribution in [-0.2, 0) is 11.3 Å². The van der Waals surface area contributed by atoms with Gasteiger partial charge in [-0.25, -0.2) is 0 Å². The molecule has 0 atom stereocenters. The van der Waals surface area contributed by atoms with Gasteiger partial charge >= 0.3 is 0 Å². The van der Waals surface area contributed by atoms with Crippen molar-refractivity contribution in [1.29, 1.82) is 0 Å². The van der Waals surface area contributed by atoms with Crippen molar-refractivity contribution in [3.05, 3.63) is 59.7 Å². The Morgan fingerprint density at radius 2 is 1.65 bits per heavy atom. The zero-order valence-electron chi connectivity index (χ0n) is 16.0. The third-order valence-corrected chi connectivity index (χ3v) is 4.25. The molecule has 1 amide bonds. The number of para-hydroxylation sites is 1. The van der Waals surface area contributed by atoms with Gasteiger partial charge in [0.1, 0.15) is 0 Å². The fourth-order valence-electron chi connectivity index (χ4n) is 2.73. The number of Topliss-reactive ketones (excluding diaryl/α,β-unsaturated/α-hetero) is 1. The second kappa shape index (κ2) is 9.15. The number of hydrogen-bond donors (Lipinski definition) is 1. The molecule has 2 aromatic rings. The lowest BCUT2D eigenvalue weighted by Crippen LogP contribution is -2.33. The van der Waals surface area contributed by atoms with Crippen LogP contribution < -0.4 is 10.2 Å². The normalized spacial score (nSPS) is 10.7. The van der Waals surface area contributed by atoms with Crippen molar-refractivity contribution in [2.45, 2.75) is 20.4 Å². The predicted molar refractivity (Wildman–Crippen MR) is 107 cm³/mol. The van der Waals surface area contributed by atoms with Crippen LogP contribution in [0.1, 0.15) is 29.8 Å². The average molecular weight is 353 g/mol. The maximum absolute atomic E-state index is 12.4. The molecule has 5 heteroatoms. The number of anilines is 2. The standard InChI is InChI=1S/C21H27N3O2/c1-5-24(14-17-10-12-18(13-11-17)23(3)4)15-21(26)22-20-9-7-6-8-19(20)16(2)25/h6-13H,5,14-15H2,1-4H3,(H,22,26). The molecule has 5 nitrogen and oxygen atoms in total. The predicted octanol–water partition coefficient (Wildman–Crippen LogP) is 3.42. The van der Waals surface area contributed by atoms with Gasteiger partial charge in [0.15, 0.2) is 5.78 Å². The highest BCUT2D eigenvalue weighted by Crippen LogP contribution is 2.16. The van der Waals surface area contributed by atoms with Gasteiger partial charge in [0, 0.05) is 31.9 Å². The molecule has 0 aliphatic carbocycles. The SMILES string of the molecule is CCN(CC(=O)Nc1ccccc1C(C)=O)Cc1ccc(N(C)C)cc1. The highest BCUT2D eigenvalue weighted by atomic mass is 16.2. The minimum atomic E-state index is -0.120. The fraction of sp³-hybridized carbons (Fsp3) is 0.333. The molecule has 1 N–H and O–H groups in total. The second-order valence-corrected chi connectivity index (χ2v) is 6.51. The van der Waals surface area contributed by atoms with Crippen LogP contribution in [0.15, 0.2) is 48.5 Å². The van der Waals surface area contributed by atoms with Crippen molar-refractivity contribution in [1.82, 2.24) is 4.90 Å². The first-order valence-corrected chi connectivity index (χ1v) is 8.79. The van der Waals surface area contributed by atoms with E-state index in [1.807, 2.05) is 27.1 Å². The Labute approximate surface area is 155 Å². The van der Waals surface area contributed by atoms with Gasteiger partial charge in [0.05, 0.1) is 12.2 Å². The van der Waals surface area contributed by atoms with Crippen LogP contribution >= 0.6 is 0 Å². The van der Waals surface area contributed by atoms with E-state index in [0.717, 1.165) is 17.8 Å². The number of carbonyl (C=O) groups is 2. The largest absolute Gasteiger partial charge is 0.378 e. The van der Waals surface area contributed by atoms with Crippen molar-refractivity contribution in [3.63, 3.8) is 0 Å². The lowest BCUT2D eigenvalue weighted by molar-refractivity contribution is -0.117. The maximum Gasteiger partial charge on any atom is 0.238 e. The molecule has 0 aliphatic rings. The van der Waals surface area contributed by atoms with E-state index < -0.39 is 0 Å². The number of nitrogens with one attached hydrogen (secondary N) is 1. The molecule has 0 saturated heterocycles. The molecule has 26 heavy (non-hydrogen) atoms. The van der Waals surface area contributed by atoms with Crippen LogP contribution in [0, 0.1) is 0 Å². The van der Waals surface area contributed by atoms with Gasteiger partial charge in [0.2, 0.25) is 5.91 Å². The fourth-order valence-corrected chi connectivity index (χ4v) is 2.73. The number of likely N-dealkylation sites (N-methyl/N-ethyl adjacent to an activating group) is 1. The third-order valence-electron chi connectivity index (χ3n) is 4.25. The van der Waals surface area contributed by atoms with E-state index in [1.54, 1.807) is 18.2 Å². The lowest BCUT2D eigenvalue weighted by atomic mass is 10.1. The molecule has 0 aromatic heterocycles. The van der Waals surface area contributed by atoms with E-state index in [-0.39, 0.29) is 18.2 Å². The van der Waals surface area contributed by atoms with Crippen LogP contribution in [-0.4, -0.2) is 43.8 Å². The second-order valence-electron chi connectivity index (χ2n) is 6.51. The number of carbonyl (C=O) groups excluding carboxylic acids is 2. The molecule has 0 aliphatic heterocycles. The molecule has 2 rings (SSSR count). The molecular formula is C21H27N3O2. The van der Waals surface area contributed by atoms with E-state index in [9.17, 15) is 9.59 Å². The molecule has 2 aromatic carbocycles. The maximum atomic E-state index is 12.4. The van der Waals surface area contributed by atoms with Gasteiger partial charge in [-0.3, -0.25) is 14.5 Å². The number of benzene rings is 2. The summed E-state index contributed by atoms with van der Waals surface area (Å²) in [6.45, 7) is 5.27. The van der Waals surface area contributed by atoms with Gasteiger partial charge in [-0.05, 0) is 43.3 Å². The van der Waals surface area contributed by atoms with E-state index in [0.29, 0.717) is 17.8 Å². The van der Waals surface area contributed by atoms with E-state index in [4.69, 9.17) is 0 Å². The van der Waals surface area contributed by atoms with Gasteiger partial charge in [-0.1, -0.05) is 31.2 Å². The quantitative estimate of drug-likeness (QED) is 0.739. The number of nitrogens with zero attached hydrogens (tertiary/aromatic N) is 2. The lowest BCUT2D eigenvalue weighted by Gasteiger charge is -2.21. The summed E-state index contributed by atoms with van der Waals surface area (Å²) in [6, 6.07) is 15.4. The smallest absolute Gasteiger partial charge is 0.238 e. The first-order chi connectivity index (χ1) is 12.4. The Balaban J connectivity index is 1.99. The Kier molecular flexibility index (Phi) is 6.92. The topological polar surface area (TPSA) is 52.7 Å². The van der Waals surface area contributed by atoms with Crippen LogP contribution in [0.2, 0.25) is 0 Å². The minimum absolute atomic E-state index is 0.0609. The van der Waals surface area contributed by atoms with Crippen molar-refractivity contribution >= 4 is 23.1 Å². The first-order valence-electron chi connectivity index (χ1n) is 8.79. The van der Waals surface area contributed by atoms with Crippen LogP contribution in [0.3, 0.4) is 0 Å². The Morgan fingerprint density at radius 3 is 2.23 bits per heavy atom. The van der Waals surface area contributed by atoms with Crippen molar-refractivity contribution in [2.75, 3.05) is 37.4 Å². The molecule has 0 unspecified atom stereocenters. The summed E-state index contributed by atoms with van der Waals surface area (Å²) in [4.78, 5) is 28.2. The number of rotatable bonds is 8. The molecule has 0 radical (unpaired) electrons. The minimum Gasteiger partial charge on any atom is -0.378 e. The average Bonchev–Trinajstić information content (AvgIpc) is 2.61. The highest BCUT2D eigenvalue weighted by Gasteiger charge is 2.13. The molecule has 0 heterocycles. The zero-order chi connectivity index (χ0) is 19.1. The van der Waals surface area contributed by atoms with Gasteiger partial charge < -0.3 is 10.2 Å². The summed E-state index contributed by atoms with van der Waals surface area (Å²) >= 11 is 0. The summed E-state index contributed by atoms with van der Waals surface area (Å²) in [7, 11) is 4.02. The van der Waals surface area contributed by atoms with Gasteiger partial charge in [0.25, 0.3) is 0 Å². The molecule has 0 spiro atoms. The summed E-state index contributed by atoms with van der Waals surface area (Å²) in [5, 5.41) is 2.86. The molecule has 0 saturated carbocycles. The van der Waals surface area contributed by atoms with Crippen molar-refractivity contribution in [3.8, 4) is 0 Å². The molecule has 0 fully saturated rings. The Bertz CT molecular complexity index is 754. The summed E-state index contributed by atoms with van der Waals surface area (Å²) in [6.07, 6.45) is 0. The first kappa shape index (κ1) is 19.7. The number of amides is 1. The van der Waals surface area contributed by atoms with Gasteiger partial charge in [-0.15, -0.1) is 0 Å². The van der Waals surface area contributed by atoms with E-state index in [1.165, 1.54) is 6.92 Å². The Morgan fingerprint density at radius 1 is 1.00 bits per heavy atom. The zero-order valence-corrected chi connectivity index (χ0v) is 16.0. The number of hydrogen-bond acceptors (Lipinski definition) is 4. The summed E-state index contributed by atoms with van der Waals surface area (Å²) in [5.41, 5.74) is 3.41. The number of ketones is 1. The van der Waals surface area contributed by atoms with Crippen LogP contribution in [0.25, 0.3) is 0 Å². The molecular weight excluding hydrogens is 326 g/mol. The van der Waals surface area contributed by atoms with E-state index >= 15 is 0 Å².